The van der Waals surface area contributed by atoms with Crippen LogP contribution in [0.25, 0.3) is 11.1 Å². The summed E-state index contributed by atoms with van der Waals surface area (Å²) in [5.41, 5.74) is 8.96. The molecule has 2 rings (SSSR count). The molecule has 0 aliphatic heterocycles. The normalized spacial score (nSPS) is 11.1. The van der Waals surface area contributed by atoms with Gasteiger partial charge in [-0.15, -0.1) is 0 Å². The Labute approximate surface area is 130 Å². The molecule has 0 spiro atoms. The highest BCUT2D eigenvalue weighted by atomic mass is 19.3. The molecule has 4 heteroatoms. The van der Waals surface area contributed by atoms with Gasteiger partial charge in [0.15, 0.2) is 0 Å². The summed E-state index contributed by atoms with van der Waals surface area (Å²) in [7, 11) is 0. The van der Waals surface area contributed by atoms with E-state index in [2.05, 4.69) is 60.4 Å². The van der Waals surface area contributed by atoms with Gasteiger partial charge in [-0.2, -0.15) is 0 Å². The lowest BCUT2D eigenvalue weighted by Gasteiger charge is -2.01. The van der Waals surface area contributed by atoms with Crippen LogP contribution in [0.3, 0.4) is 0 Å². The van der Waals surface area contributed by atoms with Crippen molar-refractivity contribution in [3.05, 3.63) is 60.2 Å². The van der Waals surface area contributed by atoms with E-state index in [0.717, 1.165) is 0 Å². The molecule has 2 N–H and O–H groups in total. The molecule has 0 aliphatic carbocycles. The average Bonchev–Trinajstić information content (AvgIpc) is 2.56. The van der Waals surface area contributed by atoms with Gasteiger partial charge in [0, 0.05) is 4.53 Å². The molecule has 0 heterocycles. The molecule has 22 heavy (non-hydrogen) atoms. The van der Waals surface area contributed by atoms with Gasteiger partial charge in [-0.05, 0) is 31.0 Å². The smallest absolute Gasteiger partial charge is 0.330 e. The van der Waals surface area contributed by atoms with Gasteiger partial charge in [0.05, 0.1) is 5.92 Å². The highest BCUT2D eigenvalue weighted by molar-refractivity contribution is 5.71. The topological polar surface area (TPSA) is 52.3 Å². The SMILES string of the molecule is CC(CCN)C(=O)OF.Cc1ccc(-c2ccccc2)cc1. The van der Waals surface area contributed by atoms with E-state index in [9.17, 15) is 9.32 Å². The minimum absolute atomic E-state index is 0.371. The third kappa shape index (κ3) is 6.06. The standard InChI is InChI=1S/C13H12.C5H10FNO2/c1-11-7-9-13(10-8-11)12-5-3-2-4-6-12;1-4(2-3-7)5(8)9-6/h2-10H,1H3;4H,2-3,7H2,1H3. The summed E-state index contributed by atoms with van der Waals surface area (Å²) in [6, 6.07) is 19.0. The summed E-state index contributed by atoms with van der Waals surface area (Å²) in [6.45, 7) is 4.04. The predicted octanol–water partition coefficient (Wildman–Crippen LogP) is 4.06. The monoisotopic (exact) mass is 303 g/mol. The molecular formula is C18H22FNO2. The zero-order valence-electron chi connectivity index (χ0n) is 13.0. The van der Waals surface area contributed by atoms with Gasteiger partial charge in [-0.1, -0.05) is 67.1 Å². The summed E-state index contributed by atoms with van der Waals surface area (Å²) in [5, 5.41) is 0. The van der Waals surface area contributed by atoms with Gasteiger partial charge < -0.3 is 5.73 Å². The fourth-order valence-electron chi connectivity index (χ4n) is 1.82. The number of rotatable bonds is 4. The third-order valence-corrected chi connectivity index (χ3v) is 3.24. The molecule has 0 saturated heterocycles. The highest BCUT2D eigenvalue weighted by Gasteiger charge is 2.13. The van der Waals surface area contributed by atoms with Crippen LogP contribution < -0.4 is 5.73 Å². The van der Waals surface area contributed by atoms with Gasteiger partial charge in [0.25, 0.3) is 0 Å². The van der Waals surface area contributed by atoms with Crippen molar-refractivity contribution in [3.8, 4) is 11.1 Å². The first-order valence-electron chi connectivity index (χ1n) is 7.23. The Morgan fingerprint density at radius 1 is 1.09 bits per heavy atom. The number of halogens is 1. The maximum atomic E-state index is 11.1. The first kappa shape index (κ1) is 17.9. The molecule has 2 aromatic rings. The Bertz CT molecular complexity index is 555. The molecule has 0 fully saturated rings. The summed E-state index contributed by atoms with van der Waals surface area (Å²) >= 11 is 0. The molecule has 1 atom stereocenters. The van der Waals surface area contributed by atoms with Gasteiger partial charge in [0.1, 0.15) is 0 Å². The fraction of sp³-hybridized carbons (Fsp3) is 0.278. The Kier molecular flexibility index (Phi) is 7.86. The fourth-order valence-corrected chi connectivity index (χ4v) is 1.82. The van der Waals surface area contributed by atoms with E-state index in [1.54, 1.807) is 6.92 Å². The lowest BCUT2D eigenvalue weighted by Crippen LogP contribution is -2.15. The van der Waals surface area contributed by atoms with Gasteiger partial charge >= 0.3 is 5.97 Å². The molecular weight excluding hydrogens is 281 g/mol. The van der Waals surface area contributed by atoms with Crippen molar-refractivity contribution in [2.45, 2.75) is 20.3 Å². The van der Waals surface area contributed by atoms with E-state index in [1.807, 2.05) is 6.07 Å². The summed E-state index contributed by atoms with van der Waals surface area (Å²) < 4.78 is 11.1. The Balaban J connectivity index is 0.000000239. The molecule has 2 aromatic carbocycles. The quantitative estimate of drug-likeness (QED) is 0.926. The zero-order chi connectivity index (χ0) is 16.4. The molecule has 1 unspecified atom stereocenters. The minimum Gasteiger partial charge on any atom is -0.330 e. The van der Waals surface area contributed by atoms with Crippen LogP contribution in [0.2, 0.25) is 0 Å². The average molecular weight is 303 g/mol. The number of nitrogens with two attached hydrogens (primary N) is 1. The number of benzene rings is 2. The van der Waals surface area contributed by atoms with Crippen molar-refractivity contribution >= 4 is 5.97 Å². The van der Waals surface area contributed by atoms with Crippen LogP contribution in [0.5, 0.6) is 0 Å². The van der Waals surface area contributed by atoms with Crippen LogP contribution in [-0.2, 0) is 9.74 Å². The molecule has 0 radical (unpaired) electrons. The van der Waals surface area contributed by atoms with Gasteiger partial charge in [-0.25, -0.2) is 4.79 Å². The number of hydrogen-bond acceptors (Lipinski definition) is 3. The van der Waals surface area contributed by atoms with Crippen molar-refractivity contribution in [2.24, 2.45) is 11.7 Å². The second-order valence-electron chi connectivity index (χ2n) is 5.11. The van der Waals surface area contributed by atoms with Crippen LogP contribution in [0.1, 0.15) is 18.9 Å². The van der Waals surface area contributed by atoms with Crippen LogP contribution in [0.15, 0.2) is 54.6 Å². The molecule has 118 valence electrons. The van der Waals surface area contributed by atoms with Crippen LogP contribution in [0, 0.1) is 12.8 Å². The molecule has 0 aliphatic rings. The van der Waals surface area contributed by atoms with E-state index in [1.165, 1.54) is 16.7 Å². The summed E-state index contributed by atoms with van der Waals surface area (Å²) in [6.07, 6.45) is 0.461. The number of carbonyl (C=O) groups excluding carboxylic acids is 1. The van der Waals surface area contributed by atoms with Crippen molar-refractivity contribution < 1.29 is 14.3 Å². The van der Waals surface area contributed by atoms with Crippen LogP contribution in [-0.4, -0.2) is 12.5 Å². The highest BCUT2D eigenvalue weighted by Crippen LogP contribution is 2.18. The third-order valence-electron chi connectivity index (χ3n) is 3.24. The van der Waals surface area contributed by atoms with E-state index < -0.39 is 11.9 Å². The lowest BCUT2D eigenvalue weighted by atomic mass is 10.0. The number of carbonyl (C=O) groups is 1. The van der Waals surface area contributed by atoms with E-state index in [-0.39, 0.29) is 0 Å². The maximum Gasteiger partial charge on any atom is 0.351 e. The van der Waals surface area contributed by atoms with Crippen molar-refractivity contribution in [1.29, 1.82) is 0 Å². The van der Waals surface area contributed by atoms with E-state index in [0.29, 0.717) is 13.0 Å². The Morgan fingerprint density at radius 3 is 2.14 bits per heavy atom. The molecule has 0 bridgehead atoms. The van der Waals surface area contributed by atoms with Gasteiger partial charge in [-0.3, -0.25) is 4.94 Å². The molecule has 0 amide bonds. The molecule has 0 saturated carbocycles. The summed E-state index contributed by atoms with van der Waals surface area (Å²) in [4.78, 5) is 13.2. The predicted molar refractivity (Wildman–Crippen MR) is 86.7 cm³/mol. The Morgan fingerprint density at radius 2 is 1.64 bits per heavy atom. The second kappa shape index (κ2) is 9.68. The summed E-state index contributed by atoms with van der Waals surface area (Å²) in [5.74, 6) is -1.28. The van der Waals surface area contributed by atoms with Crippen molar-refractivity contribution in [1.82, 2.24) is 0 Å². The maximum absolute atomic E-state index is 11.1. The number of aryl methyl sites for hydroxylation is 1. The lowest BCUT2D eigenvalue weighted by molar-refractivity contribution is -0.188. The molecule has 3 nitrogen and oxygen atoms in total. The van der Waals surface area contributed by atoms with Crippen LogP contribution in [0.4, 0.5) is 4.53 Å². The minimum atomic E-state index is -0.847. The van der Waals surface area contributed by atoms with Crippen molar-refractivity contribution in [2.75, 3.05) is 6.54 Å². The first-order valence-corrected chi connectivity index (χ1v) is 7.23. The zero-order valence-corrected chi connectivity index (χ0v) is 13.0. The van der Waals surface area contributed by atoms with Crippen molar-refractivity contribution in [3.63, 3.8) is 0 Å². The largest absolute Gasteiger partial charge is 0.351 e. The van der Waals surface area contributed by atoms with E-state index in [4.69, 9.17) is 5.73 Å². The number of hydrogen-bond donors (Lipinski definition) is 1. The van der Waals surface area contributed by atoms with Crippen LogP contribution >= 0.6 is 0 Å². The second-order valence-corrected chi connectivity index (χ2v) is 5.11. The molecule has 0 aromatic heterocycles. The first-order chi connectivity index (χ1) is 10.6. The van der Waals surface area contributed by atoms with E-state index >= 15 is 0 Å². The van der Waals surface area contributed by atoms with Gasteiger partial charge in [0.2, 0.25) is 0 Å². The Hall–Kier alpha value is -2.20.